The summed E-state index contributed by atoms with van der Waals surface area (Å²) in [5.41, 5.74) is 3.38. The highest BCUT2D eigenvalue weighted by atomic mass is 16.7. The van der Waals surface area contributed by atoms with Crippen molar-refractivity contribution in [2.75, 3.05) is 52.5 Å². The monoisotopic (exact) mass is 408 g/mol. The fourth-order valence-corrected chi connectivity index (χ4v) is 5.99. The number of piperidine rings is 2. The van der Waals surface area contributed by atoms with Crippen molar-refractivity contribution >= 4 is 0 Å². The van der Waals surface area contributed by atoms with Gasteiger partial charge in [-0.1, -0.05) is 6.42 Å². The molecule has 0 amide bonds. The van der Waals surface area contributed by atoms with E-state index in [0.717, 1.165) is 32.8 Å². The van der Waals surface area contributed by atoms with Gasteiger partial charge in [-0.05, 0) is 64.1 Å². The number of nitrogens with one attached hydrogen (secondary N) is 4. The third-order valence-corrected chi connectivity index (χ3v) is 7.68. The molecule has 0 aromatic heterocycles. The van der Waals surface area contributed by atoms with Crippen LogP contribution in [0.25, 0.3) is 0 Å². The highest BCUT2D eigenvalue weighted by molar-refractivity contribution is 4.93. The molecule has 4 N–H and O–H groups in total. The van der Waals surface area contributed by atoms with Crippen molar-refractivity contribution in [1.29, 1.82) is 0 Å². The lowest BCUT2D eigenvalue weighted by Crippen LogP contribution is -2.57. The zero-order valence-electron chi connectivity index (χ0n) is 17.8. The summed E-state index contributed by atoms with van der Waals surface area (Å²) in [5.74, 6) is 0.601. The zero-order valence-corrected chi connectivity index (χ0v) is 17.8. The maximum atomic E-state index is 6.13. The Kier molecular flexibility index (Phi) is 7.00. The molecule has 8 nitrogen and oxygen atoms in total. The topological polar surface area (TPSA) is 73.1 Å². The lowest BCUT2D eigenvalue weighted by molar-refractivity contribution is -0.0294. The Morgan fingerprint density at radius 3 is 2.69 bits per heavy atom. The molecule has 5 aliphatic heterocycles. The van der Waals surface area contributed by atoms with Crippen LogP contribution in [0.3, 0.4) is 0 Å². The van der Waals surface area contributed by atoms with Crippen LogP contribution < -0.4 is 21.4 Å². The van der Waals surface area contributed by atoms with Crippen LogP contribution >= 0.6 is 0 Å². The summed E-state index contributed by atoms with van der Waals surface area (Å²) in [6.45, 7) is 8.46. The molecular weight excluding hydrogens is 368 g/mol. The highest BCUT2D eigenvalue weighted by Gasteiger charge is 2.41. The molecule has 8 heteroatoms. The molecule has 166 valence electrons. The van der Waals surface area contributed by atoms with Crippen LogP contribution in [-0.4, -0.2) is 92.9 Å². The SMILES string of the molecule is C1CCC(CN2CCCC2C2NC(C3CCNC(N4CCOCC4)C3)NO2)NC1. The molecule has 6 unspecified atom stereocenters. The summed E-state index contributed by atoms with van der Waals surface area (Å²) < 4.78 is 5.53. The van der Waals surface area contributed by atoms with E-state index in [2.05, 4.69) is 31.2 Å². The molecule has 0 aliphatic carbocycles. The lowest BCUT2D eigenvalue weighted by Gasteiger charge is -2.41. The Morgan fingerprint density at radius 2 is 1.83 bits per heavy atom. The standard InChI is InChI=1S/C21H40N6O2/c1-2-7-22-17(4-1)15-27-9-3-5-18(27)21-24-20(25-29-21)16-6-8-23-19(14-16)26-10-12-28-13-11-26/h16-25H,1-15H2. The van der Waals surface area contributed by atoms with Gasteiger partial charge in [0.1, 0.15) is 6.23 Å². The molecule has 5 rings (SSSR count). The van der Waals surface area contributed by atoms with Gasteiger partial charge in [-0.2, -0.15) is 5.48 Å². The number of rotatable bonds is 5. The Balaban J connectivity index is 1.13. The third kappa shape index (κ3) is 4.96. The van der Waals surface area contributed by atoms with Gasteiger partial charge in [-0.25, -0.2) is 0 Å². The number of ether oxygens (including phenoxy) is 1. The second kappa shape index (κ2) is 9.87. The van der Waals surface area contributed by atoms with Crippen LogP contribution in [0.5, 0.6) is 0 Å². The van der Waals surface area contributed by atoms with Crippen molar-refractivity contribution in [3.8, 4) is 0 Å². The summed E-state index contributed by atoms with van der Waals surface area (Å²) in [5, 5.41) is 11.3. The number of nitrogens with zero attached hydrogens (tertiary/aromatic N) is 2. The van der Waals surface area contributed by atoms with Gasteiger partial charge in [-0.3, -0.25) is 20.0 Å². The molecule has 5 saturated heterocycles. The molecule has 5 fully saturated rings. The average molecular weight is 409 g/mol. The van der Waals surface area contributed by atoms with Crippen LogP contribution in [-0.2, 0) is 9.57 Å². The summed E-state index contributed by atoms with van der Waals surface area (Å²) >= 11 is 0. The first-order chi connectivity index (χ1) is 14.4. The zero-order chi connectivity index (χ0) is 19.5. The highest BCUT2D eigenvalue weighted by Crippen LogP contribution is 2.28. The number of likely N-dealkylation sites (tertiary alicyclic amines) is 1. The van der Waals surface area contributed by atoms with Crippen LogP contribution in [0.4, 0.5) is 0 Å². The molecule has 5 heterocycles. The minimum absolute atomic E-state index is 0.114. The van der Waals surface area contributed by atoms with Gasteiger partial charge in [0.05, 0.1) is 31.6 Å². The normalized spacial score (nSPS) is 43.0. The second-order valence-electron chi connectivity index (χ2n) is 9.55. The average Bonchev–Trinajstić information content (AvgIpc) is 3.45. The van der Waals surface area contributed by atoms with E-state index in [1.54, 1.807) is 0 Å². The summed E-state index contributed by atoms with van der Waals surface area (Å²) in [7, 11) is 0. The van der Waals surface area contributed by atoms with Gasteiger partial charge in [0.15, 0.2) is 0 Å². The van der Waals surface area contributed by atoms with E-state index in [-0.39, 0.29) is 12.4 Å². The first-order valence-electron chi connectivity index (χ1n) is 12.1. The van der Waals surface area contributed by atoms with Gasteiger partial charge >= 0.3 is 0 Å². The van der Waals surface area contributed by atoms with Crippen molar-refractivity contribution in [2.45, 2.75) is 75.6 Å². The maximum Gasteiger partial charge on any atom is 0.146 e. The smallest absolute Gasteiger partial charge is 0.146 e. The van der Waals surface area contributed by atoms with Crippen molar-refractivity contribution in [3.63, 3.8) is 0 Å². The minimum Gasteiger partial charge on any atom is -0.379 e. The predicted octanol–water partition coefficient (Wildman–Crippen LogP) is 0.0274. The fourth-order valence-electron chi connectivity index (χ4n) is 5.99. The molecule has 0 aromatic rings. The van der Waals surface area contributed by atoms with E-state index in [9.17, 15) is 0 Å². The second-order valence-corrected chi connectivity index (χ2v) is 9.55. The van der Waals surface area contributed by atoms with Crippen molar-refractivity contribution in [3.05, 3.63) is 0 Å². The van der Waals surface area contributed by atoms with Gasteiger partial charge in [-0.15, -0.1) is 0 Å². The third-order valence-electron chi connectivity index (χ3n) is 7.68. The van der Waals surface area contributed by atoms with E-state index in [1.165, 1.54) is 64.6 Å². The van der Waals surface area contributed by atoms with Gasteiger partial charge in [0.2, 0.25) is 0 Å². The predicted molar refractivity (Wildman–Crippen MR) is 112 cm³/mol. The quantitative estimate of drug-likeness (QED) is 0.508. The van der Waals surface area contributed by atoms with Crippen molar-refractivity contribution in [1.82, 2.24) is 31.2 Å². The number of hydroxylamine groups is 1. The van der Waals surface area contributed by atoms with E-state index < -0.39 is 0 Å². The Morgan fingerprint density at radius 1 is 0.897 bits per heavy atom. The number of morpholine rings is 1. The summed E-state index contributed by atoms with van der Waals surface area (Å²) in [4.78, 5) is 11.4. The molecule has 29 heavy (non-hydrogen) atoms. The Labute approximate surface area is 175 Å². The van der Waals surface area contributed by atoms with E-state index >= 15 is 0 Å². The largest absolute Gasteiger partial charge is 0.379 e. The number of hydrogen-bond donors (Lipinski definition) is 4. The first-order valence-corrected chi connectivity index (χ1v) is 12.1. The molecule has 5 aliphatic rings. The van der Waals surface area contributed by atoms with Crippen LogP contribution in [0.1, 0.15) is 44.9 Å². The molecule has 0 aromatic carbocycles. The maximum absolute atomic E-state index is 6.13. The Bertz CT molecular complexity index is 513. The minimum atomic E-state index is 0.114. The van der Waals surface area contributed by atoms with E-state index in [1.807, 2.05) is 0 Å². The Hall–Kier alpha value is -0.320. The van der Waals surface area contributed by atoms with E-state index in [4.69, 9.17) is 9.57 Å². The molecule has 0 radical (unpaired) electrons. The van der Waals surface area contributed by atoms with Crippen LogP contribution in [0, 0.1) is 5.92 Å². The lowest BCUT2D eigenvalue weighted by atomic mass is 9.92. The molecule has 6 atom stereocenters. The molecule has 0 bridgehead atoms. The van der Waals surface area contributed by atoms with Gasteiger partial charge in [0.25, 0.3) is 0 Å². The van der Waals surface area contributed by atoms with Crippen molar-refractivity contribution in [2.24, 2.45) is 5.92 Å². The van der Waals surface area contributed by atoms with Crippen LogP contribution in [0.2, 0.25) is 0 Å². The first kappa shape index (κ1) is 20.6. The molecule has 0 saturated carbocycles. The van der Waals surface area contributed by atoms with Gasteiger partial charge < -0.3 is 15.4 Å². The molecular formula is C21H40N6O2. The fraction of sp³-hybridized carbons (Fsp3) is 1.00. The van der Waals surface area contributed by atoms with Crippen LogP contribution in [0.15, 0.2) is 0 Å². The summed E-state index contributed by atoms with van der Waals surface area (Å²) in [6, 6.07) is 1.15. The summed E-state index contributed by atoms with van der Waals surface area (Å²) in [6.07, 6.45) is 9.77. The molecule has 0 spiro atoms. The number of hydrogen-bond acceptors (Lipinski definition) is 8. The van der Waals surface area contributed by atoms with Gasteiger partial charge in [0, 0.05) is 25.7 Å². The van der Waals surface area contributed by atoms with E-state index in [0.29, 0.717) is 24.2 Å². The van der Waals surface area contributed by atoms with Crippen molar-refractivity contribution < 1.29 is 9.57 Å².